The first-order valence-corrected chi connectivity index (χ1v) is 4.10. The Hall–Kier alpha value is -1.24. The maximum absolute atomic E-state index is 12.1. The summed E-state index contributed by atoms with van der Waals surface area (Å²) >= 11 is 0. The molecule has 0 aliphatic carbocycles. The first-order valence-electron chi connectivity index (χ1n) is 4.10. The van der Waals surface area contributed by atoms with Crippen LogP contribution in [0.2, 0.25) is 0 Å². The van der Waals surface area contributed by atoms with Gasteiger partial charge in [-0.2, -0.15) is 13.2 Å². The summed E-state index contributed by atoms with van der Waals surface area (Å²) in [4.78, 5) is 11.1. The number of ether oxygens (including phenoxy) is 1. The number of rotatable bonds is 3. The van der Waals surface area contributed by atoms with Crippen molar-refractivity contribution >= 4 is 5.97 Å². The molecule has 0 saturated carbocycles. The molecule has 0 saturated heterocycles. The lowest BCUT2D eigenvalue weighted by Crippen LogP contribution is -2.36. The van der Waals surface area contributed by atoms with Gasteiger partial charge in [-0.3, -0.25) is 0 Å². The van der Waals surface area contributed by atoms with Gasteiger partial charge in [0, 0.05) is 5.70 Å². The summed E-state index contributed by atoms with van der Waals surface area (Å²) < 4.78 is 40.7. The Labute approximate surface area is 84.5 Å². The van der Waals surface area contributed by atoms with Crippen LogP contribution in [0.1, 0.15) is 13.8 Å². The molecule has 0 aromatic carbocycles. The Morgan fingerprint density at radius 1 is 1.53 bits per heavy atom. The summed E-state index contributed by atoms with van der Waals surface area (Å²) in [7, 11) is 0. The molecule has 4 nitrogen and oxygen atoms in total. The number of aliphatic hydroxyl groups is 1. The molecule has 0 aromatic heterocycles. The molecule has 0 rings (SSSR count). The summed E-state index contributed by atoms with van der Waals surface area (Å²) in [5, 5.41) is 8.85. The minimum absolute atomic E-state index is 0.0970. The molecule has 1 unspecified atom stereocenters. The normalized spacial score (nSPS) is 15.6. The van der Waals surface area contributed by atoms with Crippen LogP contribution >= 0.6 is 0 Å². The number of nitrogens with two attached hydrogens (primary N) is 1. The van der Waals surface area contributed by atoms with E-state index in [0.717, 1.165) is 6.92 Å². The van der Waals surface area contributed by atoms with Crippen molar-refractivity contribution < 1.29 is 27.8 Å². The molecule has 0 aliphatic heterocycles. The van der Waals surface area contributed by atoms with E-state index in [2.05, 4.69) is 4.74 Å². The Kier molecular flexibility index (Phi) is 4.60. The van der Waals surface area contributed by atoms with Gasteiger partial charge in [-0.15, -0.1) is 0 Å². The molecule has 3 N–H and O–H groups in total. The van der Waals surface area contributed by atoms with Gasteiger partial charge in [0.05, 0.1) is 12.2 Å². The third-order valence-corrected chi connectivity index (χ3v) is 1.50. The molecule has 0 radical (unpaired) electrons. The van der Waals surface area contributed by atoms with Gasteiger partial charge < -0.3 is 15.6 Å². The molecule has 0 aliphatic rings. The van der Waals surface area contributed by atoms with Crippen molar-refractivity contribution in [1.82, 2.24) is 0 Å². The lowest BCUT2D eigenvalue weighted by Gasteiger charge is -2.17. The second kappa shape index (κ2) is 5.01. The van der Waals surface area contributed by atoms with E-state index >= 15 is 0 Å². The van der Waals surface area contributed by atoms with Crippen LogP contribution in [0.3, 0.4) is 0 Å². The summed E-state index contributed by atoms with van der Waals surface area (Å²) in [6, 6.07) is 0. The summed E-state index contributed by atoms with van der Waals surface area (Å²) in [6.45, 7) is 2.42. The van der Waals surface area contributed by atoms with Crippen LogP contribution in [0.25, 0.3) is 0 Å². The highest BCUT2D eigenvalue weighted by Gasteiger charge is 2.44. The third-order valence-electron chi connectivity index (χ3n) is 1.50. The lowest BCUT2D eigenvalue weighted by atomic mass is 10.1. The lowest BCUT2D eigenvalue weighted by molar-refractivity contribution is -0.195. The van der Waals surface area contributed by atoms with E-state index in [4.69, 9.17) is 10.8 Å². The molecule has 0 fully saturated rings. The van der Waals surface area contributed by atoms with Gasteiger partial charge in [0.15, 0.2) is 6.10 Å². The minimum Gasteiger partial charge on any atom is -0.463 e. The Balaban J connectivity index is 5.03. The van der Waals surface area contributed by atoms with Crippen LogP contribution in [-0.2, 0) is 9.53 Å². The molecular formula is C8H12F3NO3. The number of hydrogen-bond acceptors (Lipinski definition) is 4. The number of allylic oxidation sites excluding steroid dienone is 1. The fraction of sp³-hybridized carbons (Fsp3) is 0.625. The summed E-state index contributed by atoms with van der Waals surface area (Å²) in [6.07, 6.45) is -7.86. The quantitative estimate of drug-likeness (QED) is 0.550. The molecule has 7 heteroatoms. The zero-order valence-corrected chi connectivity index (χ0v) is 8.26. The fourth-order valence-electron chi connectivity index (χ4n) is 0.861. The van der Waals surface area contributed by atoms with Gasteiger partial charge in [-0.1, -0.05) is 0 Å². The number of alkyl halides is 3. The van der Waals surface area contributed by atoms with Crippen LogP contribution < -0.4 is 5.73 Å². The molecule has 1 atom stereocenters. The van der Waals surface area contributed by atoms with Gasteiger partial charge in [-0.25, -0.2) is 4.79 Å². The van der Waals surface area contributed by atoms with E-state index in [-0.39, 0.29) is 6.61 Å². The second-order valence-electron chi connectivity index (χ2n) is 2.76. The van der Waals surface area contributed by atoms with E-state index in [1.165, 1.54) is 6.92 Å². The average Bonchev–Trinajstić information content (AvgIpc) is 2.02. The van der Waals surface area contributed by atoms with Gasteiger partial charge >= 0.3 is 12.1 Å². The SMILES string of the molecule is CCOC(=O)/C(=C(/C)N)C(O)C(F)(F)F. The monoisotopic (exact) mass is 227 g/mol. The number of carbonyl (C=O) groups excluding carboxylic acids is 1. The molecule has 15 heavy (non-hydrogen) atoms. The van der Waals surface area contributed by atoms with E-state index < -0.39 is 29.5 Å². The average molecular weight is 227 g/mol. The van der Waals surface area contributed by atoms with Gasteiger partial charge in [0.25, 0.3) is 0 Å². The van der Waals surface area contributed by atoms with Gasteiger partial charge in [0.2, 0.25) is 0 Å². The molecular weight excluding hydrogens is 215 g/mol. The number of halogens is 3. The van der Waals surface area contributed by atoms with Crippen LogP contribution in [0.4, 0.5) is 13.2 Å². The molecule has 88 valence electrons. The zero-order chi connectivity index (χ0) is 12.2. The van der Waals surface area contributed by atoms with Crippen molar-refractivity contribution in [2.45, 2.75) is 26.1 Å². The smallest absolute Gasteiger partial charge is 0.418 e. The molecule has 0 aromatic rings. The van der Waals surface area contributed by atoms with Crippen LogP contribution in [0.5, 0.6) is 0 Å². The van der Waals surface area contributed by atoms with Crippen LogP contribution in [0, 0.1) is 0 Å². The predicted octanol–water partition coefficient (Wildman–Crippen LogP) is 0.705. The second-order valence-corrected chi connectivity index (χ2v) is 2.76. The van der Waals surface area contributed by atoms with Gasteiger partial charge in [0.1, 0.15) is 0 Å². The highest BCUT2D eigenvalue weighted by molar-refractivity contribution is 5.90. The predicted molar refractivity (Wildman–Crippen MR) is 45.6 cm³/mol. The first kappa shape index (κ1) is 13.8. The largest absolute Gasteiger partial charge is 0.463 e. The number of esters is 1. The first-order chi connectivity index (χ1) is 6.71. The van der Waals surface area contributed by atoms with Crippen LogP contribution in [0.15, 0.2) is 11.3 Å². The maximum Gasteiger partial charge on any atom is 0.418 e. The molecule has 0 bridgehead atoms. The van der Waals surface area contributed by atoms with E-state index in [1.54, 1.807) is 0 Å². The van der Waals surface area contributed by atoms with Gasteiger partial charge in [-0.05, 0) is 13.8 Å². The Morgan fingerprint density at radius 3 is 2.27 bits per heavy atom. The van der Waals surface area contributed by atoms with Crippen molar-refractivity contribution in [3.05, 3.63) is 11.3 Å². The minimum atomic E-state index is -4.94. The van der Waals surface area contributed by atoms with Crippen molar-refractivity contribution in [1.29, 1.82) is 0 Å². The summed E-state index contributed by atoms with van der Waals surface area (Å²) in [5.74, 6) is -1.26. The van der Waals surface area contributed by atoms with Crippen molar-refractivity contribution in [2.24, 2.45) is 5.73 Å². The van der Waals surface area contributed by atoms with E-state index in [0.29, 0.717) is 0 Å². The standard InChI is InChI=1S/C8H12F3NO3/c1-3-15-7(14)5(4(2)12)6(13)8(9,10)11/h6,13H,3,12H2,1-2H3/b5-4-. The number of aliphatic hydroxyl groups excluding tert-OH is 1. The zero-order valence-electron chi connectivity index (χ0n) is 8.26. The highest BCUT2D eigenvalue weighted by Crippen LogP contribution is 2.26. The van der Waals surface area contributed by atoms with Crippen molar-refractivity contribution in [3.63, 3.8) is 0 Å². The number of hydrogen-bond donors (Lipinski definition) is 2. The Bertz CT molecular complexity index is 269. The summed E-state index contributed by atoms with van der Waals surface area (Å²) in [5.41, 5.74) is 3.70. The molecule has 0 spiro atoms. The number of carbonyl (C=O) groups is 1. The van der Waals surface area contributed by atoms with E-state index in [1.807, 2.05) is 0 Å². The third kappa shape index (κ3) is 3.78. The fourth-order valence-corrected chi connectivity index (χ4v) is 0.861. The van der Waals surface area contributed by atoms with Crippen molar-refractivity contribution in [2.75, 3.05) is 6.61 Å². The van der Waals surface area contributed by atoms with Crippen LogP contribution in [-0.4, -0.2) is 30.0 Å². The Morgan fingerprint density at radius 2 is 2.00 bits per heavy atom. The van der Waals surface area contributed by atoms with Crippen molar-refractivity contribution in [3.8, 4) is 0 Å². The molecule has 0 amide bonds. The topological polar surface area (TPSA) is 72.5 Å². The van der Waals surface area contributed by atoms with E-state index in [9.17, 15) is 18.0 Å². The highest BCUT2D eigenvalue weighted by atomic mass is 19.4. The molecule has 0 heterocycles. The maximum atomic E-state index is 12.1.